The summed E-state index contributed by atoms with van der Waals surface area (Å²) in [5.74, 6) is 0. The fourth-order valence-electron chi connectivity index (χ4n) is 1.92. The maximum absolute atomic E-state index is 9.23. The number of halogens is 1. The van der Waals surface area contributed by atoms with Gasteiger partial charge in [-0.2, -0.15) is 5.26 Å². The fraction of sp³-hybridized carbons (Fsp3) is 0.500. The van der Waals surface area contributed by atoms with Crippen molar-refractivity contribution in [3.63, 3.8) is 0 Å². The van der Waals surface area contributed by atoms with Crippen molar-refractivity contribution < 1.29 is 0 Å². The molecule has 0 heterocycles. The highest BCUT2D eigenvalue weighted by atomic mass is 79.9. The molecule has 1 aromatic carbocycles. The molecule has 1 rings (SSSR count). The minimum absolute atomic E-state index is 0.781. The van der Waals surface area contributed by atoms with E-state index < -0.39 is 0 Å². The van der Waals surface area contributed by atoms with E-state index in [2.05, 4.69) is 52.9 Å². The lowest BCUT2D eigenvalue weighted by Gasteiger charge is -2.25. The quantitative estimate of drug-likeness (QED) is 0.739. The highest BCUT2D eigenvalue weighted by molar-refractivity contribution is 9.08. The molecule has 0 unspecified atom stereocenters. The predicted octanol–water partition coefficient (Wildman–Crippen LogP) is 4.08. The standard InChI is InChI=1S/C14H19BrN2/c1-3-7-17(8-4-2)14-6-5-12(10-15)9-13(14)11-16/h5-6,9H,3-4,7-8,10H2,1-2H3. The van der Waals surface area contributed by atoms with Gasteiger partial charge in [0.1, 0.15) is 6.07 Å². The molecule has 0 aliphatic heterocycles. The van der Waals surface area contributed by atoms with Crippen LogP contribution in [0.4, 0.5) is 5.69 Å². The highest BCUT2D eigenvalue weighted by Gasteiger charge is 2.10. The Balaban J connectivity index is 3.05. The number of rotatable bonds is 6. The van der Waals surface area contributed by atoms with Gasteiger partial charge in [-0.25, -0.2) is 0 Å². The fourth-order valence-corrected chi connectivity index (χ4v) is 2.27. The first-order valence-corrected chi connectivity index (χ1v) is 7.22. The van der Waals surface area contributed by atoms with Crippen LogP contribution in [-0.2, 0) is 5.33 Å². The minimum atomic E-state index is 0.781. The van der Waals surface area contributed by atoms with Crippen LogP contribution in [0.5, 0.6) is 0 Å². The van der Waals surface area contributed by atoms with E-state index in [1.54, 1.807) is 0 Å². The number of hydrogen-bond acceptors (Lipinski definition) is 2. The van der Waals surface area contributed by atoms with Crippen LogP contribution in [0.25, 0.3) is 0 Å². The lowest BCUT2D eigenvalue weighted by Crippen LogP contribution is -2.25. The van der Waals surface area contributed by atoms with Crippen LogP contribution < -0.4 is 4.90 Å². The second-order valence-corrected chi connectivity index (χ2v) is 4.64. The van der Waals surface area contributed by atoms with E-state index in [0.717, 1.165) is 48.1 Å². The molecule has 0 aliphatic carbocycles. The van der Waals surface area contributed by atoms with Gasteiger partial charge in [-0.05, 0) is 30.5 Å². The molecule has 0 spiro atoms. The normalized spacial score (nSPS) is 10.0. The molecule has 0 radical (unpaired) electrons. The van der Waals surface area contributed by atoms with E-state index in [9.17, 15) is 5.26 Å². The summed E-state index contributed by atoms with van der Waals surface area (Å²) in [6.07, 6.45) is 2.20. The van der Waals surface area contributed by atoms with Gasteiger partial charge in [0.05, 0.1) is 11.3 Å². The number of benzene rings is 1. The molecule has 1 aromatic rings. The Bertz CT molecular complexity index is 390. The average molecular weight is 295 g/mol. The molecular weight excluding hydrogens is 276 g/mol. The monoisotopic (exact) mass is 294 g/mol. The molecule has 3 heteroatoms. The van der Waals surface area contributed by atoms with Crippen LogP contribution >= 0.6 is 15.9 Å². The number of hydrogen-bond donors (Lipinski definition) is 0. The van der Waals surface area contributed by atoms with E-state index in [0.29, 0.717) is 0 Å². The zero-order valence-corrected chi connectivity index (χ0v) is 12.1. The van der Waals surface area contributed by atoms with Crippen LogP contribution in [0.1, 0.15) is 37.8 Å². The van der Waals surface area contributed by atoms with Gasteiger partial charge in [0, 0.05) is 18.4 Å². The lowest BCUT2D eigenvalue weighted by molar-refractivity contribution is 0.744. The summed E-state index contributed by atoms with van der Waals surface area (Å²) in [5, 5.41) is 10.0. The molecule has 0 aromatic heterocycles. The topological polar surface area (TPSA) is 27.0 Å². The third-order valence-corrected chi connectivity index (χ3v) is 3.31. The predicted molar refractivity (Wildman–Crippen MR) is 76.6 cm³/mol. The summed E-state index contributed by atoms with van der Waals surface area (Å²) in [5.41, 5.74) is 3.00. The Morgan fingerprint density at radius 3 is 2.35 bits per heavy atom. The van der Waals surface area contributed by atoms with Gasteiger partial charge in [-0.3, -0.25) is 0 Å². The Kier molecular flexibility index (Phi) is 6.07. The van der Waals surface area contributed by atoms with Crippen molar-refractivity contribution in [1.82, 2.24) is 0 Å². The van der Waals surface area contributed by atoms with Crippen LogP contribution in [0.3, 0.4) is 0 Å². The van der Waals surface area contributed by atoms with Gasteiger partial charge in [0.25, 0.3) is 0 Å². The van der Waals surface area contributed by atoms with E-state index >= 15 is 0 Å². The number of nitrogens with zero attached hydrogens (tertiary/aromatic N) is 2. The molecule has 0 N–H and O–H groups in total. The SMILES string of the molecule is CCCN(CCC)c1ccc(CBr)cc1C#N. The van der Waals surface area contributed by atoms with Gasteiger partial charge in [0.15, 0.2) is 0 Å². The molecule has 0 aliphatic rings. The number of anilines is 1. The van der Waals surface area contributed by atoms with Gasteiger partial charge in [-0.15, -0.1) is 0 Å². The highest BCUT2D eigenvalue weighted by Crippen LogP contribution is 2.23. The average Bonchev–Trinajstić information content (AvgIpc) is 2.37. The van der Waals surface area contributed by atoms with E-state index in [1.807, 2.05) is 6.07 Å². The Hall–Kier alpha value is -1.01. The van der Waals surface area contributed by atoms with Crippen LogP contribution in [-0.4, -0.2) is 13.1 Å². The minimum Gasteiger partial charge on any atom is -0.370 e. The van der Waals surface area contributed by atoms with Crippen molar-refractivity contribution in [1.29, 1.82) is 5.26 Å². The second kappa shape index (κ2) is 7.34. The van der Waals surface area contributed by atoms with Crippen molar-refractivity contribution in [2.75, 3.05) is 18.0 Å². The maximum Gasteiger partial charge on any atom is 0.101 e. The first-order valence-electron chi connectivity index (χ1n) is 6.10. The molecule has 17 heavy (non-hydrogen) atoms. The Morgan fingerprint density at radius 1 is 1.24 bits per heavy atom. The summed E-state index contributed by atoms with van der Waals surface area (Å²) < 4.78 is 0. The van der Waals surface area contributed by atoms with Crippen molar-refractivity contribution in [2.24, 2.45) is 0 Å². The summed E-state index contributed by atoms with van der Waals surface area (Å²) in [6, 6.07) is 8.44. The zero-order chi connectivity index (χ0) is 12.7. The molecule has 0 bridgehead atoms. The smallest absolute Gasteiger partial charge is 0.101 e. The molecule has 0 amide bonds. The second-order valence-electron chi connectivity index (χ2n) is 4.08. The van der Waals surface area contributed by atoms with Crippen molar-refractivity contribution in [2.45, 2.75) is 32.0 Å². The van der Waals surface area contributed by atoms with Crippen LogP contribution in [0.15, 0.2) is 18.2 Å². The summed E-state index contributed by atoms with van der Waals surface area (Å²) >= 11 is 3.42. The van der Waals surface area contributed by atoms with Crippen molar-refractivity contribution >= 4 is 21.6 Å². The van der Waals surface area contributed by atoms with E-state index in [-0.39, 0.29) is 0 Å². The van der Waals surface area contributed by atoms with Crippen molar-refractivity contribution in [3.05, 3.63) is 29.3 Å². The molecular formula is C14H19BrN2. The molecule has 0 saturated heterocycles. The molecule has 0 saturated carbocycles. The zero-order valence-electron chi connectivity index (χ0n) is 10.5. The molecule has 92 valence electrons. The third-order valence-electron chi connectivity index (χ3n) is 2.66. The van der Waals surface area contributed by atoms with Gasteiger partial charge < -0.3 is 4.90 Å². The van der Waals surface area contributed by atoms with E-state index in [1.165, 1.54) is 0 Å². The Morgan fingerprint density at radius 2 is 1.88 bits per heavy atom. The molecule has 0 fully saturated rings. The summed E-state index contributed by atoms with van der Waals surface area (Å²) in [6.45, 7) is 6.36. The largest absolute Gasteiger partial charge is 0.370 e. The first-order chi connectivity index (χ1) is 8.26. The first kappa shape index (κ1) is 14.1. The summed E-state index contributed by atoms with van der Waals surface area (Å²) in [4.78, 5) is 2.30. The van der Waals surface area contributed by atoms with Crippen LogP contribution in [0, 0.1) is 11.3 Å². The molecule has 0 atom stereocenters. The molecule has 2 nitrogen and oxygen atoms in total. The van der Waals surface area contributed by atoms with Crippen LogP contribution in [0.2, 0.25) is 0 Å². The third kappa shape index (κ3) is 3.74. The Labute approximate surface area is 112 Å². The van der Waals surface area contributed by atoms with Gasteiger partial charge in [0.2, 0.25) is 0 Å². The number of alkyl halides is 1. The lowest BCUT2D eigenvalue weighted by atomic mass is 10.1. The van der Waals surface area contributed by atoms with Gasteiger partial charge in [-0.1, -0.05) is 35.8 Å². The number of nitriles is 1. The van der Waals surface area contributed by atoms with E-state index in [4.69, 9.17) is 0 Å². The van der Waals surface area contributed by atoms with Gasteiger partial charge >= 0.3 is 0 Å². The summed E-state index contributed by atoms with van der Waals surface area (Å²) in [7, 11) is 0. The van der Waals surface area contributed by atoms with Crippen molar-refractivity contribution in [3.8, 4) is 6.07 Å². The maximum atomic E-state index is 9.23.